The second-order valence-electron chi connectivity index (χ2n) is 5.93. The Morgan fingerprint density at radius 3 is 2.63 bits per heavy atom. The molecule has 0 aliphatic carbocycles. The van der Waals surface area contributed by atoms with Gasteiger partial charge in [-0.05, 0) is 17.2 Å². The van der Waals surface area contributed by atoms with E-state index in [4.69, 9.17) is 16.0 Å². The number of nitrogens with one attached hydrogen (secondary N) is 1. The topological polar surface area (TPSA) is 68.8 Å². The first-order chi connectivity index (χ1) is 13.0. The van der Waals surface area contributed by atoms with Gasteiger partial charge in [0.25, 0.3) is 6.43 Å². The molecule has 9 heteroatoms. The van der Waals surface area contributed by atoms with E-state index in [-0.39, 0.29) is 11.0 Å². The maximum absolute atomic E-state index is 12.8. The molecule has 0 unspecified atom stereocenters. The van der Waals surface area contributed by atoms with Crippen molar-refractivity contribution in [2.75, 3.05) is 5.32 Å². The molecule has 4 aromatic rings. The highest BCUT2D eigenvalue weighted by molar-refractivity contribution is 6.28. The lowest BCUT2D eigenvalue weighted by molar-refractivity contribution is 0.146. The summed E-state index contributed by atoms with van der Waals surface area (Å²) < 4.78 is 32.6. The van der Waals surface area contributed by atoms with Crippen LogP contribution >= 0.6 is 11.6 Å². The molecule has 0 aliphatic rings. The zero-order chi connectivity index (χ0) is 19.0. The first-order valence-corrected chi connectivity index (χ1v) is 8.44. The fraction of sp³-hybridized carbons (Fsp3) is 0.167. The van der Waals surface area contributed by atoms with Crippen molar-refractivity contribution in [2.24, 2.45) is 7.05 Å². The van der Waals surface area contributed by atoms with Crippen LogP contribution in [0.15, 0.2) is 47.2 Å². The fourth-order valence-electron chi connectivity index (χ4n) is 2.78. The van der Waals surface area contributed by atoms with Crippen molar-refractivity contribution in [3.05, 3.63) is 59.3 Å². The van der Waals surface area contributed by atoms with E-state index < -0.39 is 6.43 Å². The minimum Gasteiger partial charge on any atom is -0.459 e. The van der Waals surface area contributed by atoms with E-state index in [2.05, 4.69) is 20.3 Å². The average molecular weight is 390 g/mol. The van der Waals surface area contributed by atoms with Gasteiger partial charge in [0.1, 0.15) is 17.0 Å². The Labute approximate surface area is 157 Å². The van der Waals surface area contributed by atoms with Crippen LogP contribution < -0.4 is 5.32 Å². The van der Waals surface area contributed by atoms with Crippen molar-refractivity contribution in [2.45, 2.75) is 13.0 Å². The van der Waals surface area contributed by atoms with Gasteiger partial charge in [0.2, 0.25) is 5.28 Å². The van der Waals surface area contributed by atoms with E-state index in [1.54, 1.807) is 17.7 Å². The predicted octanol–water partition coefficient (Wildman–Crippen LogP) is 4.83. The van der Waals surface area contributed by atoms with Gasteiger partial charge in [-0.3, -0.25) is 0 Å². The molecular formula is C18H14ClF2N5O. The Bertz CT molecular complexity index is 1090. The van der Waals surface area contributed by atoms with E-state index in [0.29, 0.717) is 29.3 Å². The number of benzene rings is 1. The summed E-state index contributed by atoms with van der Waals surface area (Å²) in [7, 11) is 1.69. The highest BCUT2D eigenvalue weighted by Crippen LogP contribution is 2.25. The smallest absolute Gasteiger partial charge is 0.281 e. The molecule has 0 spiro atoms. The number of furan rings is 1. The number of hydrogen-bond acceptors (Lipinski definition) is 5. The molecule has 1 aromatic carbocycles. The second kappa shape index (κ2) is 6.96. The molecule has 0 saturated heterocycles. The molecule has 0 fully saturated rings. The highest BCUT2D eigenvalue weighted by Gasteiger charge is 2.15. The van der Waals surface area contributed by atoms with Gasteiger partial charge in [-0.25, -0.2) is 18.7 Å². The Morgan fingerprint density at radius 2 is 1.93 bits per heavy atom. The van der Waals surface area contributed by atoms with Gasteiger partial charge < -0.3 is 14.3 Å². The van der Waals surface area contributed by atoms with Crippen LogP contribution in [0.3, 0.4) is 0 Å². The first kappa shape index (κ1) is 17.4. The number of aryl methyl sites for hydroxylation is 1. The maximum Gasteiger partial charge on any atom is 0.281 e. The normalized spacial score (nSPS) is 11.4. The van der Waals surface area contributed by atoms with Crippen LogP contribution in [0.1, 0.15) is 17.7 Å². The van der Waals surface area contributed by atoms with Gasteiger partial charge in [-0.2, -0.15) is 4.98 Å². The predicted molar refractivity (Wildman–Crippen MR) is 97.7 cm³/mol. The highest BCUT2D eigenvalue weighted by atomic mass is 35.5. The molecule has 0 amide bonds. The Hall–Kier alpha value is -3.00. The summed E-state index contributed by atoms with van der Waals surface area (Å²) in [6.45, 7) is 0.478. The number of imidazole rings is 1. The van der Waals surface area contributed by atoms with E-state index in [1.165, 1.54) is 12.5 Å². The van der Waals surface area contributed by atoms with Crippen molar-refractivity contribution in [3.8, 4) is 11.4 Å². The number of rotatable bonds is 5. The molecule has 0 atom stereocenters. The monoisotopic (exact) mass is 389 g/mol. The van der Waals surface area contributed by atoms with Crippen molar-refractivity contribution in [1.29, 1.82) is 0 Å². The minimum atomic E-state index is -2.59. The molecule has 0 saturated carbocycles. The number of aromatic nitrogens is 4. The Kier molecular flexibility index (Phi) is 4.49. The maximum atomic E-state index is 12.8. The number of halogens is 3. The van der Waals surface area contributed by atoms with Crippen molar-refractivity contribution in [3.63, 3.8) is 0 Å². The van der Waals surface area contributed by atoms with Crippen molar-refractivity contribution in [1.82, 2.24) is 19.5 Å². The third-order valence-corrected chi connectivity index (χ3v) is 4.24. The number of hydrogen-bond donors (Lipinski definition) is 1. The van der Waals surface area contributed by atoms with Crippen LogP contribution in [0, 0.1) is 0 Å². The van der Waals surface area contributed by atoms with Gasteiger partial charge in [-0.1, -0.05) is 24.3 Å². The van der Waals surface area contributed by atoms with Gasteiger partial charge in [0.15, 0.2) is 11.4 Å². The SMILES string of the molecule is Cn1cc(C(F)F)nc1-c1ccc(CNc2nc(Cl)nc3ccoc23)cc1. The third kappa shape index (κ3) is 3.48. The fourth-order valence-corrected chi connectivity index (χ4v) is 2.95. The standard InChI is InChI=1S/C18H14ClF2N5O/c1-26-9-13(15(20)21)23-17(26)11-4-2-10(3-5-11)8-22-16-14-12(6-7-27-14)24-18(19)25-16/h2-7,9,15H,8H2,1H3,(H,22,24,25). The molecule has 1 N–H and O–H groups in total. The molecule has 0 bridgehead atoms. The van der Waals surface area contributed by atoms with Gasteiger partial charge in [0.05, 0.1) is 6.26 Å². The van der Waals surface area contributed by atoms with Crippen molar-refractivity contribution >= 4 is 28.5 Å². The third-order valence-electron chi connectivity index (χ3n) is 4.07. The zero-order valence-corrected chi connectivity index (χ0v) is 14.9. The summed E-state index contributed by atoms with van der Waals surface area (Å²) in [5.74, 6) is 0.995. The van der Waals surface area contributed by atoms with Gasteiger partial charge >= 0.3 is 0 Å². The van der Waals surface area contributed by atoms with E-state index >= 15 is 0 Å². The van der Waals surface area contributed by atoms with Crippen LogP contribution in [0.2, 0.25) is 5.28 Å². The summed E-state index contributed by atoms with van der Waals surface area (Å²) in [6.07, 6.45) is 0.269. The quantitative estimate of drug-likeness (QED) is 0.495. The van der Waals surface area contributed by atoms with Crippen molar-refractivity contribution < 1.29 is 13.2 Å². The summed E-state index contributed by atoms with van der Waals surface area (Å²) in [5, 5.41) is 3.30. The Morgan fingerprint density at radius 1 is 1.15 bits per heavy atom. The summed E-state index contributed by atoms with van der Waals surface area (Å²) in [5.41, 5.74) is 2.64. The summed E-state index contributed by atoms with van der Waals surface area (Å²) >= 11 is 5.92. The molecule has 3 heterocycles. The summed E-state index contributed by atoms with van der Waals surface area (Å²) in [4.78, 5) is 12.2. The molecule has 3 aromatic heterocycles. The van der Waals surface area contributed by atoms with Gasteiger partial charge in [0, 0.05) is 31.4 Å². The number of alkyl halides is 2. The van der Waals surface area contributed by atoms with Gasteiger partial charge in [-0.15, -0.1) is 0 Å². The van der Waals surface area contributed by atoms with E-state index in [0.717, 1.165) is 11.1 Å². The van der Waals surface area contributed by atoms with Crippen LogP contribution in [0.5, 0.6) is 0 Å². The molecule has 4 rings (SSSR count). The average Bonchev–Trinajstić information content (AvgIpc) is 3.26. The van der Waals surface area contributed by atoms with Crippen LogP contribution in [-0.4, -0.2) is 19.5 Å². The second-order valence-corrected chi connectivity index (χ2v) is 6.27. The van der Waals surface area contributed by atoms with Crippen LogP contribution in [0.4, 0.5) is 14.6 Å². The number of nitrogens with zero attached hydrogens (tertiary/aromatic N) is 4. The van der Waals surface area contributed by atoms with Crippen LogP contribution in [-0.2, 0) is 13.6 Å². The molecule has 27 heavy (non-hydrogen) atoms. The van der Waals surface area contributed by atoms with E-state index in [1.807, 2.05) is 24.3 Å². The minimum absolute atomic E-state index is 0.131. The Balaban J connectivity index is 1.52. The molecular weight excluding hydrogens is 376 g/mol. The lowest BCUT2D eigenvalue weighted by Gasteiger charge is -2.07. The lowest BCUT2D eigenvalue weighted by Crippen LogP contribution is -2.02. The summed E-state index contributed by atoms with van der Waals surface area (Å²) in [6, 6.07) is 9.17. The van der Waals surface area contributed by atoms with E-state index in [9.17, 15) is 8.78 Å². The first-order valence-electron chi connectivity index (χ1n) is 8.06. The molecule has 6 nitrogen and oxygen atoms in total. The molecule has 138 valence electrons. The number of fused-ring (bicyclic) bond motifs is 1. The molecule has 0 aliphatic heterocycles. The lowest BCUT2D eigenvalue weighted by atomic mass is 10.1. The molecule has 0 radical (unpaired) electrons. The largest absolute Gasteiger partial charge is 0.459 e. The van der Waals surface area contributed by atoms with Crippen LogP contribution in [0.25, 0.3) is 22.5 Å². The zero-order valence-electron chi connectivity index (χ0n) is 14.2. The number of anilines is 1.